The number of ether oxygens (including phenoxy) is 1. The van der Waals surface area contributed by atoms with E-state index in [1.54, 1.807) is 46.9 Å². The minimum absolute atomic E-state index is 0.100. The largest absolute Gasteiger partial charge is 0.443 e. The molecule has 0 aliphatic heterocycles. The molecule has 2 amide bonds. The maximum absolute atomic E-state index is 13.5. The maximum Gasteiger partial charge on any atom is 0.419 e. The van der Waals surface area contributed by atoms with Gasteiger partial charge in [-0.2, -0.15) is 0 Å². The van der Waals surface area contributed by atoms with E-state index in [1.807, 2.05) is 25.1 Å². The molecule has 0 saturated heterocycles. The van der Waals surface area contributed by atoms with Crippen LogP contribution < -0.4 is 5.43 Å². The summed E-state index contributed by atoms with van der Waals surface area (Å²) in [5, 5.41) is 1.95. The first-order valence-corrected chi connectivity index (χ1v) is 11.3. The molecule has 0 aliphatic rings. The molecule has 1 N–H and O–H groups in total. The van der Waals surface area contributed by atoms with Crippen molar-refractivity contribution in [2.24, 2.45) is 0 Å². The average molecular weight is 480 g/mol. The first kappa shape index (κ1) is 25.7. The first-order valence-electron chi connectivity index (χ1n) is 11.3. The van der Waals surface area contributed by atoms with Crippen molar-refractivity contribution < 1.29 is 23.5 Å². The highest BCUT2D eigenvalue weighted by molar-refractivity contribution is 6.01. The summed E-state index contributed by atoms with van der Waals surface area (Å²) >= 11 is 0. The normalized spacial score (nSPS) is 11.8. The van der Waals surface area contributed by atoms with E-state index in [4.69, 9.17) is 4.74 Å². The van der Waals surface area contributed by atoms with Crippen LogP contribution in [0.1, 0.15) is 56.1 Å². The summed E-state index contributed by atoms with van der Waals surface area (Å²) in [7, 11) is 0. The van der Waals surface area contributed by atoms with Gasteiger partial charge in [0.2, 0.25) is 0 Å². The minimum atomic E-state index is -0.665. The van der Waals surface area contributed by atoms with E-state index in [2.05, 4.69) is 5.43 Å². The second kappa shape index (κ2) is 10.1. The molecule has 0 atom stereocenters. The predicted molar refractivity (Wildman–Crippen MR) is 133 cm³/mol. The van der Waals surface area contributed by atoms with Gasteiger partial charge in [-0.1, -0.05) is 17.7 Å². The number of halogens is 1. The van der Waals surface area contributed by atoms with Gasteiger partial charge in [0.25, 0.3) is 11.8 Å². The summed E-state index contributed by atoms with van der Waals surface area (Å²) in [4.78, 5) is 38.3. The predicted octanol–water partition coefficient (Wildman–Crippen LogP) is 5.47. The Kier molecular flexibility index (Phi) is 7.43. The number of fused-ring (bicyclic) bond motifs is 1. The number of hydrazine groups is 1. The van der Waals surface area contributed by atoms with E-state index >= 15 is 0 Å². The van der Waals surface area contributed by atoms with Gasteiger partial charge in [-0.3, -0.25) is 19.6 Å². The Morgan fingerprint density at radius 3 is 2.46 bits per heavy atom. The van der Waals surface area contributed by atoms with Crippen LogP contribution in [0, 0.1) is 12.7 Å². The van der Waals surface area contributed by atoms with Gasteiger partial charge < -0.3 is 4.74 Å². The molecule has 3 aromatic rings. The topological polar surface area (TPSA) is 80.6 Å². The number of rotatable bonds is 4. The lowest BCUT2D eigenvalue weighted by molar-refractivity contribution is -0.130. The Bertz CT molecular complexity index is 1300. The smallest absolute Gasteiger partial charge is 0.419 e. The summed E-state index contributed by atoms with van der Waals surface area (Å²) in [6.07, 6.45) is 4.01. The summed E-state index contributed by atoms with van der Waals surface area (Å²) in [5.74, 6) is -1.62. The quantitative estimate of drug-likeness (QED) is 0.398. The number of hydrogen-bond acceptors (Lipinski definition) is 4. The molecule has 35 heavy (non-hydrogen) atoms. The fraction of sp³-hybridized carbons (Fsp3) is 0.296. The molecule has 0 unspecified atom stereocenters. The second-order valence-electron chi connectivity index (χ2n) is 9.54. The molecule has 0 radical (unpaired) electrons. The van der Waals surface area contributed by atoms with Gasteiger partial charge in [-0.05, 0) is 78.0 Å². The highest BCUT2D eigenvalue weighted by Gasteiger charge is 2.22. The van der Waals surface area contributed by atoms with Crippen molar-refractivity contribution in [2.45, 2.75) is 53.2 Å². The number of aryl methyl sites for hydroxylation is 1. The van der Waals surface area contributed by atoms with Crippen LogP contribution in [-0.2, 0) is 9.53 Å². The Balaban J connectivity index is 1.89. The molecule has 1 heterocycles. The third kappa shape index (κ3) is 6.35. The van der Waals surface area contributed by atoms with Crippen molar-refractivity contribution in [2.75, 3.05) is 0 Å². The molecule has 0 saturated carbocycles. The highest BCUT2D eigenvalue weighted by Crippen LogP contribution is 2.25. The zero-order valence-electron chi connectivity index (χ0n) is 20.8. The lowest BCUT2D eigenvalue weighted by atomic mass is 10.1. The molecule has 0 aliphatic carbocycles. The van der Waals surface area contributed by atoms with Crippen LogP contribution in [0.25, 0.3) is 17.0 Å². The van der Waals surface area contributed by atoms with Crippen LogP contribution >= 0.6 is 0 Å². The summed E-state index contributed by atoms with van der Waals surface area (Å²) < 4.78 is 20.4. The van der Waals surface area contributed by atoms with Crippen molar-refractivity contribution in [3.63, 3.8) is 0 Å². The lowest BCUT2D eigenvalue weighted by Gasteiger charge is -2.25. The monoisotopic (exact) mass is 479 g/mol. The molecule has 184 valence electrons. The first-order chi connectivity index (χ1) is 16.4. The molecule has 3 rings (SSSR count). The number of aromatic nitrogens is 1. The van der Waals surface area contributed by atoms with Gasteiger partial charge in [0.15, 0.2) is 0 Å². The van der Waals surface area contributed by atoms with Crippen LogP contribution in [0.2, 0.25) is 0 Å². The Morgan fingerprint density at radius 1 is 1.11 bits per heavy atom. The summed E-state index contributed by atoms with van der Waals surface area (Å²) in [6, 6.07) is 10.5. The van der Waals surface area contributed by atoms with Gasteiger partial charge >= 0.3 is 6.09 Å². The molecular weight excluding hydrogens is 449 g/mol. The highest BCUT2D eigenvalue weighted by atomic mass is 19.1. The lowest BCUT2D eigenvalue weighted by Crippen LogP contribution is -2.49. The standard InChI is InChI=1S/C27H30FN3O4/c1-17(2)31(29-25(33)19-8-7-9-21(28)15-19)24(32)13-11-20-16-30(26(34)35-27(4,5)6)23-12-10-18(3)14-22(20)23/h7-17H,1-6H3,(H,29,33)/b13-11+. The number of hydrogen-bond donors (Lipinski definition) is 1. The second-order valence-corrected chi connectivity index (χ2v) is 9.54. The van der Waals surface area contributed by atoms with Crippen molar-refractivity contribution in [3.8, 4) is 0 Å². The summed E-state index contributed by atoms with van der Waals surface area (Å²) in [6.45, 7) is 10.8. The minimum Gasteiger partial charge on any atom is -0.443 e. The van der Waals surface area contributed by atoms with E-state index in [-0.39, 0.29) is 11.6 Å². The van der Waals surface area contributed by atoms with Gasteiger partial charge in [0.05, 0.1) is 5.52 Å². The third-order valence-electron chi connectivity index (χ3n) is 5.05. The van der Waals surface area contributed by atoms with E-state index in [9.17, 15) is 18.8 Å². The van der Waals surface area contributed by atoms with Gasteiger partial charge in [0, 0.05) is 34.8 Å². The molecule has 0 bridgehead atoms. The number of nitrogens with one attached hydrogen (secondary N) is 1. The number of nitrogens with zero attached hydrogens (tertiary/aromatic N) is 2. The number of benzene rings is 2. The number of carbonyl (C=O) groups is 3. The average Bonchev–Trinajstić information content (AvgIpc) is 3.12. The molecular formula is C27H30FN3O4. The van der Waals surface area contributed by atoms with Crippen molar-refractivity contribution in [3.05, 3.63) is 77.2 Å². The van der Waals surface area contributed by atoms with Gasteiger partial charge in [-0.15, -0.1) is 0 Å². The van der Waals surface area contributed by atoms with Gasteiger partial charge in [0.1, 0.15) is 11.4 Å². The van der Waals surface area contributed by atoms with Crippen molar-refractivity contribution >= 4 is 34.9 Å². The van der Waals surface area contributed by atoms with Gasteiger partial charge in [-0.25, -0.2) is 14.2 Å². The van der Waals surface area contributed by atoms with E-state index in [0.717, 1.165) is 17.0 Å². The fourth-order valence-corrected chi connectivity index (χ4v) is 3.45. The SMILES string of the molecule is Cc1ccc2c(c1)c(/C=C/C(=O)N(NC(=O)c1cccc(F)c1)C(C)C)cn2C(=O)OC(C)(C)C. The fourth-order valence-electron chi connectivity index (χ4n) is 3.45. The zero-order chi connectivity index (χ0) is 25.9. The molecule has 0 fully saturated rings. The van der Waals surface area contributed by atoms with E-state index in [0.29, 0.717) is 11.1 Å². The maximum atomic E-state index is 13.5. The Labute approximate surface area is 204 Å². The number of amides is 2. The Hall–Kier alpha value is -3.94. The van der Waals surface area contributed by atoms with Crippen molar-refractivity contribution in [1.29, 1.82) is 0 Å². The van der Waals surface area contributed by atoms with E-state index < -0.39 is 29.3 Å². The van der Waals surface area contributed by atoms with Crippen LogP contribution in [0.5, 0.6) is 0 Å². The molecule has 7 nitrogen and oxygen atoms in total. The van der Waals surface area contributed by atoms with Crippen molar-refractivity contribution in [1.82, 2.24) is 15.0 Å². The Morgan fingerprint density at radius 2 is 1.83 bits per heavy atom. The van der Waals surface area contributed by atoms with Crippen LogP contribution in [0.3, 0.4) is 0 Å². The third-order valence-corrected chi connectivity index (χ3v) is 5.05. The van der Waals surface area contributed by atoms with E-state index in [1.165, 1.54) is 33.9 Å². The van der Waals surface area contributed by atoms with Crippen LogP contribution in [0.4, 0.5) is 9.18 Å². The zero-order valence-corrected chi connectivity index (χ0v) is 20.8. The summed E-state index contributed by atoms with van der Waals surface area (Å²) in [5.41, 5.74) is 4.26. The molecule has 1 aromatic heterocycles. The molecule has 0 spiro atoms. The molecule has 2 aromatic carbocycles. The van der Waals surface area contributed by atoms with Crippen LogP contribution in [0.15, 0.2) is 54.7 Å². The number of carbonyl (C=O) groups excluding carboxylic acids is 3. The molecule has 8 heteroatoms. The van der Waals surface area contributed by atoms with Crippen LogP contribution in [-0.4, -0.2) is 39.1 Å².